The number of aromatic hydroxyl groups is 1. The molecule has 0 aromatic heterocycles. The van der Waals surface area contributed by atoms with E-state index in [1.165, 1.54) is 10.5 Å². The van der Waals surface area contributed by atoms with Crippen molar-refractivity contribution in [3.8, 4) is 5.75 Å². The Hall–Kier alpha value is -2.04. The number of para-hydroxylation sites is 1. The number of phenols is 1. The second-order valence-electron chi connectivity index (χ2n) is 5.78. The molecule has 1 heterocycles. The van der Waals surface area contributed by atoms with Crippen LogP contribution in [0.3, 0.4) is 0 Å². The summed E-state index contributed by atoms with van der Waals surface area (Å²) in [4.78, 5) is 1.52. The minimum absolute atomic E-state index is 0.263. The fourth-order valence-electron chi connectivity index (χ4n) is 2.76. The Bertz CT molecular complexity index is 681. The van der Waals surface area contributed by atoms with E-state index < -0.39 is 0 Å². The number of hydrogen-bond acceptors (Lipinski definition) is 3. The van der Waals surface area contributed by atoms with E-state index >= 15 is 0 Å². The van der Waals surface area contributed by atoms with Gasteiger partial charge >= 0.3 is 0 Å². The summed E-state index contributed by atoms with van der Waals surface area (Å²) in [6.45, 7) is 4.83. The van der Waals surface area contributed by atoms with Crippen molar-refractivity contribution in [2.24, 2.45) is 5.10 Å². The van der Waals surface area contributed by atoms with Crippen LogP contribution in [-0.4, -0.2) is 42.5 Å². The zero-order valence-corrected chi connectivity index (χ0v) is 13.7. The molecule has 1 aliphatic rings. The average Bonchev–Trinajstić information content (AvgIpc) is 2.57. The summed E-state index contributed by atoms with van der Waals surface area (Å²) in [6.07, 6.45) is 1.73. The molecule has 0 atom stereocenters. The molecule has 0 amide bonds. The minimum Gasteiger partial charge on any atom is -0.507 e. The van der Waals surface area contributed by atoms with Gasteiger partial charge in [0, 0.05) is 16.1 Å². The lowest BCUT2D eigenvalue weighted by Gasteiger charge is -2.30. The molecule has 2 aromatic carbocycles. The van der Waals surface area contributed by atoms with Crippen LogP contribution in [0.25, 0.3) is 0 Å². The maximum absolute atomic E-state index is 9.75. The number of benzene rings is 2. The van der Waals surface area contributed by atoms with Crippen molar-refractivity contribution in [1.29, 1.82) is 0 Å². The van der Waals surface area contributed by atoms with Crippen LogP contribution in [0.5, 0.6) is 5.75 Å². The van der Waals surface area contributed by atoms with Gasteiger partial charge in [0.2, 0.25) is 0 Å². The summed E-state index contributed by atoms with van der Waals surface area (Å²) in [5.41, 5.74) is 1.95. The first kappa shape index (κ1) is 15.8. The quantitative estimate of drug-likeness (QED) is 0.839. The normalized spacial score (nSPS) is 16.1. The van der Waals surface area contributed by atoms with E-state index in [1.807, 2.05) is 36.4 Å². The predicted molar refractivity (Wildman–Crippen MR) is 93.1 cm³/mol. The largest absolute Gasteiger partial charge is 0.507 e. The maximum atomic E-state index is 9.75. The van der Waals surface area contributed by atoms with E-state index in [2.05, 4.69) is 16.2 Å². The highest BCUT2D eigenvalue weighted by Gasteiger charge is 2.19. The van der Waals surface area contributed by atoms with Gasteiger partial charge in [-0.15, -0.1) is 0 Å². The number of halogens is 1. The summed E-state index contributed by atoms with van der Waals surface area (Å²) >= 11 is 6.23. The number of phenolic OH excluding ortho intramolecular Hbond substituents is 1. The van der Waals surface area contributed by atoms with Crippen molar-refractivity contribution in [1.82, 2.24) is 5.01 Å². The topological polar surface area (TPSA) is 40.3 Å². The van der Waals surface area contributed by atoms with Gasteiger partial charge in [0.15, 0.2) is 0 Å². The number of piperazine rings is 1. The summed E-state index contributed by atoms with van der Waals surface area (Å²) in [6, 6.07) is 15.3. The number of nitrogens with one attached hydrogen (secondary N) is 1. The van der Waals surface area contributed by atoms with Gasteiger partial charge in [0.05, 0.1) is 32.4 Å². The number of nitrogens with zero attached hydrogens (tertiary/aromatic N) is 2. The van der Waals surface area contributed by atoms with Crippen LogP contribution in [0.2, 0.25) is 5.02 Å². The zero-order chi connectivity index (χ0) is 16.1. The Kier molecular flexibility index (Phi) is 5.16. The first-order chi connectivity index (χ1) is 11.2. The van der Waals surface area contributed by atoms with Gasteiger partial charge in [0.25, 0.3) is 0 Å². The molecule has 120 valence electrons. The molecule has 2 aromatic rings. The minimum atomic E-state index is 0.263. The van der Waals surface area contributed by atoms with Crippen molar-refractivity contribution in [2.45, 2.75) is 6.54 Å². The van der Waals surface area contributed by atoms with Gasteiger partial charge < -0.3 is 10.0 Å². The molecule has 2 N–H and O–H groups in total. The Morgan fingerprint density at radius 3 is 2.52 bits per heavy atom. The molecule has 0 radical (unpaired) electrons. The first-order valence-corrected chi connectivity index (χ1v) is 8.24. The zero-order valence-electron chi connectivity index (χ0n) is 13.0. The summed E-state index contributed by atoms with van der Waals surface area (Å²) in [5, 5.41) is 17.1. The fraction of sp³-hybridized carbons (Fsp3) is 0.278. The molecule has 0 saturated carbocycles. The Labute approximate surface area is 141 Å². The monoisotopic (exact) mass is 330 g/mol. The molecule has 1 saturated heterocycles. The lowest BCUT2D eigenvalue weighted by molar-refractivity contribution is -0.918. The molecule has 3 rings (SSSR count). The van der Waals surface area contributed by atoms with Gasteiger partial charge in [-0.2, -0.15) is 5.10 Å². The third-order valence-corrected chi connectivity index (χ3v) is 4.51. The number of rotatable bonds is 4. The number of hydrazone groups is 1. The maximum Gasteiger partial charge on any atom is 0.124 e. The van der Waals surface area contributed by atoms with Crippen LogP contribution in [0.15, 0.2) is 53.6 Å². The van der Waals surface area contributed by atoms with E-state index in [-0.39, 0.29) is 5.75 Å². The van der Waals surface area contributed by atoms with Crippen LogP contribution < -0.4 is 4.90 Å². The molecular weight excluding hydrogens is 310 g/mol. The molecule has 0 bridgehead atoms. The summed E-state index contributed by atoms with van der Waals surface area (Å²) < 4.78 is 0. The van der Waals surface area contributed by atoms with Crippen molar-refractivity contribution >= 4 is 17.8 Å². The smallest absolute Gasteiger partial charge is 0.124 e. The summed E-state index contributed by atoms with van der Waals surface area (Å²) in [5.74, 6) is 0.263. The first-order valence-electron chi connectivity index (χ1n) is 7.86. The van der Waals surface area contributed by atoms with E-state index in [1.54, 1.807) is 12.3 Å². The van der Waals surface area contributed by atoms with Gasteiger partial charge in [-0.3, -0.25) is 5.01 Å². The van der Waals surface area contributed by atoms with Crippen LogP contribution >= 0.6 is 11.6 Å². The van der Waals surface area contributed by atoms with Crippen molar-refractivity contribution in [3.05, 3.63) is 64.7 Å². The number of hydrogen-bond donors (Lipinski definition) is 2. The van der Waals surface area contributed by atoms with E-state index in [0.29, 0.717) is 0 Å². The Balaban J connectivity index is 1.53. The second kappa shape index (κ2) is 7.49. The molecule has 1 fully saturated rings. The lowest BCUT2D eigenvalue weighted by Crippen LogP contribution is -3.13. The predicted octanol–water partition coefficient (Wildman–Crippen LogP) is 1.78. The van der Waals surface area contributed by atoms with Crippen molar-refractivity contribution in [3.63, 3.8) is 0 Å². The van der Waals surface area contributed by atoms with Gasteiger partial charge in [-0.05, 0) is 18.2 Å². The molecule has 1 aliphatic heterocycles. The molecule has 0 aliphatic carbocycles. The molecule has 0 spiro atoms. The fourth-order valence-corrected chi connectivity index (χ4v) is 2.96. The van der Waals surface area contributed by atoms with Crippen LogP contribution in [0, 0.1) is 0 Å². The van der Waals surface area contributed by atoms with Gasteiger partial charge in [-0.1, -0.05) is 41.9 Å². The molecule has 23 heavy (non-hydrogen) atoms. The average molecular weight is 331 g/mol. The SMILES string of the molecule is Oc1ccccc1/C=N/N1CC[NH+](Cc2ccccc2Cl)CC1. The van der Waals surface area contributed by atoms with Gasteiger partial charge in [-0.25, -0.2) is 0 Å². The highest BCUT2D eigenvalue weighted by Crippen LogP contribution is 2.14. The molecule has 0 unspecified atom stereocenters. The van der Waals surface area contributed by atoms with E-state index in [4.69, 9.17) is 11.6 Å². The Morgan fingerprint density at radius 1 is 1.09 bits per heavy atom. The Morgan fingerprint density at radius 2 is 1.78 bits per heavy atom. The van der Waals surface area contributed by atoms with Gasteiger partial charge in [0.1, 0.15) is 12.3 Å². The molecule has 4 nitrogen and oxygen atoms in total. The van der Waals surface area contributed by atoms with Crippen molar-refractivity contribution in [2.75, 3.05) is 26.2 Å². The lowest BCUT2D eigenvalue weighted by atomic mass is 10.2. The van der Waals surface area contributed by atoms with Crippen LogP contribution in [0.1, 0.15) is 11.1 Å². The van der Waals surface area contributed by atoms with Crippen LogP contribution in [-0.2, 0) is 6.54 Å². The number of quaternary nitrogens is 1. The third-order valence-electron chi connectivity index (χ3n) is 4.14. The molecule has 5 heteroatoms. The van der Waals surface area contributed by atoms with E-state index in [0.717, 1.165) is 43.3 Å². The second-order valence-corrected chi connectivity index (χ2v) is 6.18. The highest BCUT2D eigenvalue weighted by atomic mass is 35.5. The van der Waals surface area contributed by atoms with Crippen molar-refractivity contribution < 1.29 is 10.0 Å². The third kappa shape index (κ3) is 4.24. The van der Waals surface area contributed by atoms with E-state index in [9.17, 15) is 5.11 Å². The standard InChI is InChI=1S/C18H20ClN3O/c19-17-7-3-1-6-16(17)14-21-9-11-22(12-10-21)20-13-15-5-2-4-8-18(15)23/h1-8,13,23H,9-12,14H2/p+1/b20-13+. The molecular formula is C18H21ClN3O+. The van der Waals surface area contributed by atoms with Crippen LogP contribution in [0.4, 0.5) is 0 Å². The summed E-state index contributed by atoms with van der Waals surface area (Å²) in [7, 11) is 0. The highest BCUT2D eigenvalue weighted by molar-refractivity contribution is 6.31.